The van der Waals surface area contributed by atoms with Gasteiger partial charge in [0, 0.05) is 24.2 Å². The number of fused-ring (bicyclic) bond motifs is 1. The molecule has 0 unspecified atom stereocenters. The van der Waals surface area contributed by atoms with Gasteiger partial charge in [-0.15, -0.1) is 0 Å². The maximum Gasteiger partial charge on any atom is 0.0446 e. The minimum atomic E-state index is 0. The van der Waals surface area contributed by atoms with Crippen molar-refractivity contribution in [3.8, 4) is 0 Å². The molecule has 1 nitrogen and oxygen atoms in total. The Labute approximate surface area is 123 Å². The molecule has 0 spiro atoms. The molecular weight excluding hydrogens is 242 g/mol. The van der Waals surface area contributed by atoms with E-state index in [2.05, 4.69) is 55.1 Å². The van der Waals surface area contributed by atoms with Crippen LogP contribution in [0, 0.1) is 0 Å². The number of nitrogens with zero attached hydrogens (tertiary/aromatic N) is 1. The summed E-state index contributed by atoms with van der Waals surface area (Å²) in [6.07, 6.45) is 4.05. The van der Waals surface area contributed by atoms with Crippen molar-refractivity contribution in [2.75, 3.05) is 18.0 Å². The van der Waals surface area contributed by atoms with Gasteiger partial charge in [-0.1, -0.05) is 51.6 Å². The Morgan fingerprint density at radius 3 is 2.15 bits per heavy atom. The van der Waals surface area contributed by atoms with Gasteiger partial charge < -0.3 is 4.90 Å². The van der Waals surface area contributed by atoms with E-state index in [-0.39, 0.29) is 7.43 Å². The fourth-order valence-electron chi connectivity index (χ4n) is 3.22. The second kappa shape index (κ2) is 6.30. The van der Waals surface area contributed by atoms with Gasteiger partial charge in [-0.25, -0.2) is 0 Å². The lowest BCUT2D eigenvalue weighted by atomic mass is 9.94. The predicted molar refractivity (Wildman–Crippen MR) is 90.8 cm³/mol. The summed E-state index contributed by atoms with van der Waals surface area (Å²) in [6, 6.07) is 13.6. The van der Waals surface area contributed by atoms with Gasteiger partial charge in [-0.3, -0.25) is 0 Å². The van der Waals surface area contributed by atoms with Crippen LogP contribution in [0.1, 0.15) is 52.0 Å². The third-order valence-electron chi connectivity index (χ3n) is 4.25. The van der Waals surface area contributed by atoms with Gasteiger partial charge in [-0.2, -0.15) is 0 Å². The molecule has 0 atom stereocenters. The summed E-state index contributed by atoms with van der Waals surface area (Å²) in [7, 11) is 0. The van der Waals surface area contributed by atoms with Gasteiger partial charge in [0.05, 0.1) is 0 Å². The van der Waals surface area contributed by atoms with E-state index < -0.39 is 0 Å². The summed E-state index contributed by atoms with van der Waals surface area (Å²) in [5.74, 6) is 0.584. The van der Waals surface area contributed by atoms with Crippen LogP contribution in [0.5, 0.6) is 0 Å². The quantitative estimate of drug-likeness (QED) is 0.687. The zero-order chi connectivity index (χ0) is 13.2. The molecule has 108 valence electrons. The zero-order valence-corrected chi connectivity index (χ0v) is 12.0. The highest BCUT2D eigenvalue weighted by molar-refractivity contribution is 5.96. The van der Waals surface area contributed by atoms with Gasteiger partial charge in [0.15, 0.2) is 0 Å². The minimum Gasteiger partial charge on any atom is -0.371 e. The van der Waals surface area contributed by atoms with E-state index in [4.69, 9.17) is 0 Å². The van der Waals surface area contributed by atoms with Crippen molar-refractivity contribution in [1.29, 1.82) is 0 Å². The van der Waals surface area contributed by atoms with E-state index in [0.29, 0.717) is 5.92 Å². The van der Waals surface area contributed by atoms with Crippen molar-refractivity contribution in [1.82, 2.24) is 0 Å². The van der Waals surface area contributed by atoms with Crippen LogP contribution >= 0.6 is 0 Å². The molecule has 2 aromatic rings. The van der Waals surface area contributed by atoms with Crippen LogP contribution in [0.25, 0.3) is 10.8 Å². The van der Waals surface area contributed by atoms with Crippen molar-refractivity contribution >= 4 is 16.5 Å². The Kier molecular flexibility index (Phi) is 4.69. The maximum atomic E-state index is 2.57. The number of anilines is 1. The molecule has 2 aromatic carbocycles. The van der Waals surface area contributed by atoms with Crippen molar-refractivity contribution in [3.05, 3.63) is 42.0 Å². The third-order valence-corrected chi connectivity index (χ3v) is 4.25. The molecule has 0 N–H and O–H groups in total. The Morgan fingerprint density at radius 1 is 0.850 bits per heavy atom. The highest BCUT2D eigenvalue weighted by Crippen LogP contribution is 2.33. The Hall–Kier alpha value is -1.50. The fourth-order valence-corrected chi connectivity index (χ4v) is 3.22. The van der Waals surface area contributed by atoms with E-state index in [9.17, 15) is 0 Å². The normalized spacial score (nSPS) is 15.4. The highest BCUT2D eigenvalue weighted by atomic mass is 15.1. The van der Waals surface area contributed by atoms with E-state index in [1.165, 1.54) is 54.4 Å². The van der Waals surface area contributed by atoms with Crippen LogP contribution in [0.3, 0.4) is 0 Å². The summed E-state index contributed by atoms with van der Waals surface area (Å²) >= 11 is 0. The standard InChI is InChI=1S/C18H23N.CH4/c1-14(2)15-10-11-18(19-12-6-3-7-13-19)17-9-5-4-8-16(15)17;/h4-5,8-11,14H,3,6-7,12-13H2,1-2H3;1H4. The van der Waals surface area contributed by atoms with Crippen molar-refractivity contribution in [2.45, 2.75) is 46.5 Å². The first-order valence-corrected chi connectivity index (χ1v) is 7.54. The van der Waals surface area contributed by atoms with Crippen LogP contribution in [-0.2, 0) is 0 Å². The molecule has 1 saturated heterocycles. The van der Waals surface area contributed by atoms with Crippen LogP contribution in [-0.4, -0.2) is 13.1 Å². The highest BCUT2D eigenvalue weighted by Gasteiger charge is 2.15. The molecule has 3 rings (SSSR count). The first kappa shape index (κ1) is 14.9. The van der Waals surface area contributed by atoms with E-state index in [1.54, 1.807) is 0 Å². The lowest BCUT2D eigenvalue weighted by Gasteiger charge is -2.30. The predicted octanol–water partition coefficient (Wildman–Crippen LogP) is 5.59. The summed E-state index contributed by atoms with van der Waals surface area (Å²) in [5, 5.41) is 2.86. The van der Waals surface area contributed by atoms with Crippen LogP contribution in [0.4, 0.5) is 5.69 Å². The number of piperidine rings is 1. The lowest BCUT2D eigenvalue weighted by Crippen LogP contribution is -2.29. The van der Waals surface area contributed by atoms with E-state index in [1.807, 2.05) is 0 Å². The first-order chi connectivity index (χ1) is 9.27. The second-order valence-corrected chi connectivity index (χ2v) is 5.92. The molecule has 0 radical (unpaired) electrons. The van der Waals surface area contributed by atoms with Crippen molar-refractivity contribution in [3.63, 3.8) is 0 Å². The lowest BCUT2D eigenvalue weighted by molar-refractivity contribution is 0.579. The largest absolute Gasteiger partial charge is 0.371 e. The van der Waals surface area contributed by atoms with Gasteiger partial charge in [0.2, 0.25) is 0 Å². The van der Waals surface area contributed by atoms with Gasteiger partial charge in [0.1, 0.15) is 0 Å². The minimum absolute atomic E-state index is 0. The molecule has 0 amide bonds. The molecule has 1 aliphatic heterocycles. The van der Waals surface area contributed by atoms with Crippen molar-refractivity contribution < 1.29 is 0 Å². The Balaban J connectivity index is 0.00000147. The smallest absolute Gasteiger partial charge is 0.0446 e. The Morgan fingerprint density at radius 2 is 1.50 bits per heavy atom. The number of hydrogen-bond donors (Lipinski definition) is 0. The average Bonchev–Trinajstić information content (AvgIpc) is 2.47. The van der Waals surface area contributed by atoms with Crippen LogP contribution in [0.15, 0.2) is 36.4 Å². The number of benzene rings is 2. The maximum absolute atomic E-state index is 2.57. The summed E-state index contributed by atoms with van der Waals surface area (Å²) < 4.78 is 0. The molecular formula is C19H27N. The molecule has 0 aromatic heterocycles. The van der Waals surface area contributed by atoms with E-state index >= 15 is 0 Å². The molecule has 1 heterocycles. The van der Waals surface area contributed by atoms with Gasteiger partial charge in [0.25, 0.3) is 0 Å². The topological polar surface area (TPSA) is 3.24 Å². The Bertz CT molecular complexity index is 565. The van der Waals surface area contributed by atoms with Crippen LogP contribution in [0.2, 0.25) is 0 Å². The summed E-state index contributed by atoms with van der Waals surface area (Å²) in [4.78, 5) is 2.57. The number of rotatable bonds is 2. The van der Waals surface area contributed by atoms with Crippen molar-refractivity contribution in [2.24, 2.45) is 0 Å². The van der Waals surface area contributed by atoms with Crippen LogP contribution < -0.4 is 4.90 Å². The number of hydrogen-bond acceptors (Lipinski definition) is 1. The SMILES string of the molecule is C.CC(C)c1ccc(N2CCCCC2)c2ccccc12. The van der Waals surface area contributed by atoms with Gasteiger partial charge >= 0.3 is 0 Å². The summed E-state index contributed by atoms with van der Waals surface area (Å²) in [6.45, 7) is 6.99. The molecule has 1 aliphatic rings. The van der Waals surface area contributed by atoms with Gasteiger partial charge in [-0.05, 0) is 42.2 Å². The molecule has 0 bridgehead atoms. The molecule has 0 saturated carbocycles. The third kappa shape index (κ3) is 2.67. The second-order valence-electron chi connectivity index (χ2n) is 5.92. The first-order valence-electron chi connectivity index (χ1n) is 7.54. The monoisotopic (exact) mass is 269 g/mol. The molecule has 1 heteroatoms. The molecule has 20 heavy (non-hydrogen) atoms. The average molecular weight is 269 g/mol. The zero-order valence-electron chi connectivity index (χ0n) is 12.0. The molecule has 1 fully saturated rings. The molecule has 0 aliphatic carbocycles. The summed E-state index contributed by atoms with van der Waals surface area (Å²) in [5.41, 5.74) is 2.90. The fraction of sp³-hybridized carbons (Fsp3) is 0.474. The van der Waals surface area contributed by atoms with E-state index in [0.717, 1.165) is 0 Å².